The summed E-state index contributed by atoms with van der Waals surface area (Å²) in [4.78, 5) is 31.1. The highest BCUT2D eigenvalue weighted by Crippen LogP contribution is 2.52. The smallest absolute Gasteiger partial charge is 0.233 e. The Balaban J connectivity index is 1.14. The number of imide groups is 1. The number of allylic oxidation sites excluding steroid dienone is 2. The number of nitrogens with one attached hydrogen (secondary N) is 2. The molecular weight excluding hydrogens is 400 g/mol. The van der Waals surface area contributed by atoms with E-state index in [1.54, 1.807) is 7.05 Å². The predicted molar refractivity (Wildman–Crippen MR) is 118 cm³/mol. The van der Waals surface area contributed by atoms with Crippen LogP contribution in [0.4, 0.5) is 0 Å². The van der Waals surface area contributed by atoms with Gasteiger partial charge in [-0.15, -0.1) is 0 Å². The van der Waals surface area contributed by atoms with Crippen molar-refractivity contribution in [2.75, 3.05) is 26.7 Å². The summed E-state index contributed by atoms with van der Waals surface area (Å²) in [5.74, 6) is 1.15. The molecule has 2 bridgehead atoms. The zero-order chi connectivity index (χ0) is 21.1. The Bertz CT molecular complexity index is 821. The highest BCUT2D eigenvalue weighted by Gasteiger charge is 2.58. The van der Waals surface area contributed by atoms with Gasteiger partial charge in [0.1, 0.15) is 0 Å². The SMILES string of the molecule is CN=C(NCCCc1ccc(Cl)cc1)NCCCN1C(=O)C2C3C=CC(C3)C2C1=O. The lowest BCUT2D eigenvalue weighted by Crippen LogP contribution is -2.40. The van der Waals surface area contributed by atoms with Crippen LogP contribution in [0.5, 0.6) is 0 Å². The lowest BCUT2D eigenvalue weighted by Gasteiger charge is -2.18. The van der Waals surface area contributed by atoms with Crippen molar-refractivity contribution in [2.24, 2.45) is 28.7 Å². The molecule has 1 aromatic rings. The number of carbonyl (C=O) groups excluding carboxylic acids is 2. The highest BCUT2D eigenvalue weighted by molar-refractivity contribution is 6.30. The number of rotatable bonds is 8. The summed E-state index contributed by atoms with van der Waals surface area (Å²) >= 11 is 5.91. The van der Waals surface area contributed by atoms with Gasteiger partial charge in [0.2, 0.25) is 11.8 Å². The number of benzene rings is 1. The summed E-state index contributed by atoms with van der Waals surface area (Å²) in [5, 5.41) is 7.33. The number of nitrogens with zero attached hydrogens (tertiary/aromatic N) is 2. The topological polar surface area (TPSA) is 73.8 Å². The number of halogens is 1. The Morgan fingerprint density at radius 3 is 2.23 bits per heavy atom. The molecule has 4 rings (SSSR count). The number of fused-ring (bicyclic) bond motifs is 5. The van der Waals surface area contributed by atoms with Crippen LogP contribution >= 0.6 is 11.6 Å². The van der Waals surface area contributed by atoms with Gasteiger partial charge in [0.05, 0.1) is 11.8 Å². The molecule has 7 heteroatoms. The van der Waals surface area contributed by atoms with E-state index in [-0.39, 0.29) is 35.5 Å². The van der Waals surface area contributed by atoms with Crippen LogP contribution in [0.25, 0.3) is 0 Å². The molecule has 1 aliphatic heterocycles. The Hall–Kier alpha value is -2.34. The number of guanidine groups is 1. The molecule has 0 spiro atoms. The van der Waals surface area contributed by atoms with E-state index in [0.717, 1.165) is 36.8 Å². The van der Waals surface area contributed by atoms with Crippen molar-refractivity contribution in [1.29, 1.82) is 0 Å². The monoisotopic (exact) mass is 428 g/mol. The lowest BCUT2D eigenvalue weighted by molar-refractivity contribution is -0.140. The zero-order valence-electron chi connectivity index (χ0n) is 17.3. The van der Waals surface area contributed by atoms with E-state index in [1.807, 2.05) is 24.3 Å². The summed E-state index contributed by atoms with van der Waals surface area (Å²) in [6.07, 6.45) is 7.90. The molecule has 1 heterocycles. The predicted octanol–water partition coefficient (Wildman–Crippen LogP) is 2.63. The molecule has 6 nitrogen and oxygen atoms in total. The number of hydrogen-bond acceptors (Lipinski definition) is 3. The molecule has 30 heavy (non-hydrogen) atoms. The maximum atomic E-state index is 12.7. The van der Waals surface area contributed by atoms with Crippen LogP contribution in [0.2, 0.25) is 5.02 Å². The van der Waals surface area contributed by atoms with E-state index in [1.165, 1.54) is 10.5 Å². The summed E-state index contributed by atoms with van der Waals surface area (Å²) in [5.41, 5.74) is 1.26. The molecule has 2 aliphatic carbocycles. The van der Waals surface area contributed by atoms with Crippen LogP contribution in [0.3, 0.4) is 0 Å². The lowest BCUT2D eigenvalue weighted by atomic mass is 9.85. The van der Waals surface area contributed by atoms with Crippen LogP contribution in [0, 0.1) is 23.7 Å². The average molecular weight is 429 g/mol. The van der Waals surface area contributed by atoms with Gasteiger partial charge >= 0.3 is 0 Å². The molecule has 0 radical (unpaired) electrons. The van der Waals surface area contributed by atoms with Crippen molar-refractivity contribution in [3.63, 3.8) is 0 Å². The van der Waals surface area contributed by atoms with Crippen molar-refractivity contribution in [2.45, 2.75) is 25.7 Å². The summed E-state index contributed by atoms with van der Waals surface area (Å²) in [6.45, 7) is 1.95. The van der Waals surface area contributed by atoms with Gasteiger partial charge in [-0.2, -0.15) is 0 Å². The maximum absolute atomic E-state index is 12.7. The number of carbonyl (C=O) groups is 2. The van der Waals surface area contributed by atoms with E-state index >= 15 is 0 Å². The van der Waals surface area contributed by atoms with Crippen LogP contribution in [-0.2, 0) is 16.0 Å². The summed E-state index contributed by atoms with van der Waals surface area (Å²) < 4.78 is 0. The van der Waals surface area contributed by atoms with Crippen molar-refractivity contribution < 1.29 is 9.59 Å². The zero-order valence-corrected chi connectivity index (χ0v) is 18.1. The van der Waals surface area contributed by atoms with Crippen molar-refractivity contribution >= 4 is 29.4 Å². The fraction of sp³-hybridized carbons (Fsp3) is 0.522. The first-order valence-corrected chi connectivity index (χ1v) is 11.2. The Kier molecular flexibility index (Phi) is 6.42. The Labute approximate surface area is 182 Å². The molecule has 2 amide bonds. The van der Waals surface area contributed by atoms with Gasteiger partial charge in [0, 0.05) is 31.7 Å². The van der Waals surface area contributed by atoms with Crippen molar-refractivity contribution in [3.05, 3.63) is 47.0 Å². The second kappa shape index (κ2) is 9.21. The molecule has 3 aliphatic rings. The second-order valence-electron chi connectivity index (χ2n) is 8.34. The highest BCUT2D eigenvalue weighted by atomic mass is 35.5. The van der Waals surface area contributed by atoms with Gasteiger partial charge < -0.3 is 10.6 Å². The molecule has 0 aromatic heterocycles. The minimum Gasteiger partial charge on any atom is -0.356 e. The molecule has 4 atom stereocenters. The normalized spacial score (nSPS) is 27.1. The first-order chi connectivity index (χ1) is 14.6. The van der Waals surface area contributed by atoms with E-state index < -0.39 is 0 Å². The third kappa shape index (κ3) is 4.24. The Morgan fingerprint density at radius 2 is 1.63 bits per heavy atom. The van der Waals surface area contributed by atoms with E-state index in [9.17, 15) is 9.59 Å². The van der Waals surface area contributed by atoms with Gasteiger partial charge in [0.15, 0.2) is 5.96 Å². The van der Waals surface area contributed by atoms with Gasteiger partial charge in [0.25, 0.3) is 0 Å². The molecule has 2 N–H and O–H groups in total. The largest absolute Gasteiger partial charge is 0.356 e. The molecule has 160 valence electrons. The quantitative estimate of drug-likeness (QED) is 0.219. The molecule has 2 fully saturated rings. The van der Waals surface area contributed by atoms with Gasteiger partial charge in [-0.05, 0) is 55.2 Å². The first-order valence-electron chi connectivity index (χ1n) is 10.8. The molecule has 1 saturated carbocycles. The minimum absolute atomic E-state index is 0.0338. The second-order valence-corrected chi connectivity index (χ2v) is 8.77. The van der Waals surface area contributed by atoms with Crippen LogP contribution < -0.4 is 10.6 Å². The van der Waals surface area contributed by atoms with E-state index in [4.69, 9.17) is 11.6 Å². The number of aliphatic imine (C=N–C) groups is 1. The third-order valence-corrected chi connectivity index (χ3v) is 6.74. The number of amides is 2. The molecular formula is C23H29ClN4O2. The number of likely N-dealkylation sites (tertiary alicyclic amines) is 1. The van der Waals surface area contributed by atoms with Crippen molar-refractivity contribution in [3.8, 4) is 0 Å². The number of aryl methyl sites for hydroxylation is 1. The number of hydrogen-bond donors (Lipinski definition) is 2. The van der Waals surface area contributed by atoms with Crippen LogP contribution in [-0.4, -0.2) is 49.4 Å². The summed E-state index contributed by atoms with van der Waals surface area (Å²) in [6, 6.07) is 7.92. The van der Waals surface area contributed by atoms with E-state index in [0.29, 0.717) is 19.5 Å². The molecule has 4 unspecified atom stereocenters. The van der Waals surface area contributed by atoms with E-state index in [2.05, 4.69) is 27.8 Å². The molecule has 1 saturated heterocycles. The Morgan fingerprint density at radius 1 is 1.03 bits per heavy atom. The first kappa shape index (κ1) is 20.9. The minimum atomic E-state index is -0.101. The van der Waals surface area contributed by atoms with Gasteiger partial charge in [-0.1, -0.05) is 35.9 Å². The van der Waals surface area contributed by atoms with Gasteiger partial charge in [-0.3, -0.25) is 19.5 Å². The van der Waals surface area contributed by atoms with Crippen LogP contribution in [0.15, 0.2) is 41.4 Å². The maximum Gasteiger partial charge on any atom is 0.233 e. The van der Waals surface area contributed by atoms with Gasteiger partial charge in [-0.25, -0.2) is 0 Å². The standard InChI is InChI=1S/C23H29ClN4O2/c1-25-23(26-11-2-4-15-5-9-18(24)10-6-15)27-12-3-13-28-21(29)19-16-7-8-17(14-16)20(19)22(28)30/h5-10,16-17,19-20H,2-4,11-14H2,1H3,(H2,25,26,27). The molecule has 1 aromatic carbocycles. The third-order valence-electron chi connectivity index (χ3n) is 6.48. The summed E-state index contributed by atoms with van der Waals surface area (Å²) in [7, 11) is 1.74. The fourth-order valence-electron chi connectivity index (χ4n) is 5.00. The van der Waals surface area contributed by atoms with Crippen LogP contribution in [0.1, 0.15) is 24.8 Å². The van der Waals surface area contributed by atoms with Crippen molar-refractivity contribution in [1.82, 2.24) is 15.5 Å². The fourth-order valence-corrected chi connectivity index (χ4v) is 5.13. The average Bonchev–Trinajstić information content (AvgIpc) is 3.43.